The molecule has 5 fully saturated rings. The summed E-state index contributed by atoms with van der Waals surface area (Å²) in [6.07, 6.45) is 17.5. The summed E-state index contributed by atoms with van der Waals surface area (Å²) in [5.74, 6) is -0.642. The first kappa shape index (κ1) is 151. The number of nitrogens with zero attached hydrogens (tertiary/aromatic N) is 14. The third-order valence-corrected chi connectivity index (χ3v) is 19.6. The van der Waals surface area contributed by atoms with Gasteiger partial charge in [-0.25, -0.2) is 33.9 Å². The molecular formula is C76H122Cl7FeI3K2N17NaO26S. The van der Waals surface area contributed by atoms with E-state index in [0.717, 1.165) is 140 Å². The summed E-state index contributed by atoms with van der Waals surface area (Å²) < 4.78 is 44.7. The van der Waals surface area contributed by atoms with Gasteiger partial charge in [0.15, 0.2) is 17.4 Å². The number of nitrogens with two attached hydrogens (primary N) is 2. The van der Waals surface area contributed by atoms with E-state index in [-0.39, 0.29) is 307 Å². The smallest absolute Gasteiger partial charge is 1.00 e. The quantitative estimate of drug-likeness (QED) is 0.00751. The van der Waals surface area contributed by atoms with E-state index in [4.69, 9.17) is 132 Å². The van der Waals surface area contributed by atoms with E-state index in [0.29, 0.717) is 95.7 Å². The number of hydrogen-bond acceptors (Lipinski definition) is 39. The van der Waals surface area contributed by atoms with E-state index in [1.165, 1.54) is 14.2 Å². The van der Waals surface area contributed by atoms with Crippen molar-refractivity contribution in [3.8, 4) is 0 Å². The number of carboxylic acid groups (broad SMARTS) is 2. The number of Topliss-reactive ketones (excluding diaryl/α,β-unsaturated/α-hetero) is 3. The van der Waals surface area contributed by atoms with Gasteiger partial charge in [-0.05, 0) is 143 Å². The molecular weight excluding hydrogens is 2380 g/mol. The molecule has 1 amide bonds. The first-order valence-corrected chi connectivity index (χ1v) is 50.0. The Hall–Kier alpha value is -0.888. The second-order valence-corrected chi connectivity index (χ2v) is 30.9. The summed E-state index contributed by atoms with van der Waals surface area (Å²) in [6.45, 7) is 18.5. The molecule has 5 saturated heterocycles. The van der Waals surface area contributed by atoms with Gasteiger partial charge in [0.25, 0.3) is 6.47 Å². The van der Waals surface area contributed by atoms with Crippen molar-refractivity contribution >= 4 is 238 Å². The minimum atomic E-state index is -1.67. The molecule has 11 heterocycles. The number of carbonyl (C=O) groups is 9. The van der Waals surface area contributed by atoms with Crippen molar-refractivity contribution < 1.29 is 267 Å². The van der Waals surface area contributed by atoms with Gasteiger partial charge in [-0.1, -0.05) is 75.4 Å². The molecule has 0 aromatic carbocycles. The Bertz CT molecular complexity index is 4020. The number of halogens is 10. The number of aliphatic hydroxyl groups excluding tert-OH is 1. The molecule has 58 heteroatoms. The van der Waals surface area contributed by atoms with Gasteiger partial charge in [0.1, 0.15) is 60.5 Å². The summed E-state index contributed by atoms with van der Waals surface area (Å²) in [7, 11) is 11.7. The zero-order chi connectivity index (χ0) is 95.7. The molecule has 0 saturated carbocycles. The van der Waals surface area contributed by atoms with Gasteiger partial charge in [-0.3, -0.25) is 53.8 Å². The monoisotopic (exact) mass is 2500 g/mol. The van der Waals surface area contributed by atoms with E-state index in [1.807, 2.05) is 34.6 Å². The normalized spacial score (nSPS) is 16.4. The number of methoxy groups -OCH3 is 2. The minimum Gasteiger partial charge on any atom is -1.00 e. The van der Waals surface area contributed by atoms with Crippen molar-refractivity contribution in [2.75, 3.05) is 114 Å². The first-order chi connectivity index (χ1) is 59.9. The summed E-state index contributed by atoms with van der Waals surface area (Å²) in [5.41, 5.74) is 11.2. The fourth-order valence-electron chi connectivity index (χ4n) is 12.4. The molecule has 7 aliphatic rings. The fraction of sp³-hybridized carbons (Fsp3) is 0.671. The number of anilines is 4. The van der Waals surface area contributed by atoms with Crippen LogP contribution in [-0.4, -0.2) is 272 Å². The fourth-order valence-corrected chi connectivity index (χ4v) is 13.1. The number of amides is 1. The number of carbonyl (C=O) groups excluding carboxylic acids is 8. The maximum atomic E-state index is 12.6. The molecule has 0 unspecified atom stereocenters. The minimum absolute atomic E-state index is 0. The van der Waals surface area contributed by atoms with Crippen LogP contribution in [0.4, 0.5) is 34.5 Å². The number of ketones is 3. The Morgan fingerprint density at radius 2 is 1.04 bits per heavy atom. The van der Waals surface area contributed by atoms with Gasteiger partial charge in [-0.2, -0.15) is 15.0 Å². The van der Waals surface area contributed by atoms with Crippen molar-refractivity contribution in [3.05, 3.63) is 76.9 Å². The molecule has 7 N–H and O–H groups in total. The summed E-state index contributed by atoms with van der Waals surface area (Å²) in [6, 6.07) is -1.55. The van der Waals surface area contributed by atoms with Crippen LogP contribution < -0.4 is 179 Å². The maximum absolute atomic E-state index is 12.6. The number of esters is 2. The number of aliphatic hydroxyl groups is 1. The van der Waals surface area contributed by atoms with Crippen LogP contribution in [0, 0.1) is 20.2 Å². The number of ether oxygens (including phenoxy) is 7. The van der Waals surface area contributed by atoms with Crippen molar-refractivity contribution in [1.29, 1.82) is 0 Å². The molecule has 0 spiro atoms. The number of aliphatic carboxylic acids is 2. The van der Waals surface area contributed by atoms with Crippen molar-refractivity contribution in [1.82, 2.24) is 45.2 Å². The van der Waals surface area contributed by atoms with Crippen LogP contribution in [0.2, 0.25) is 26.3 Å². The third kappa shape index (κ3) is 58.9. The number of aromatic nitrogens is 8. The molecule has 4 aromatic rings. The van der Waals surface area contributed by atoms with Crippen LogP contribution in [0.5, 0.6) is 0 Å². The van der Waals surface area contributed by atoms with E-state index in [2.05, 4.69) is 123 Å². The zero-order valence-corrected chi connectivity index (χ0v) is 96.7. The van der Waals surface area contributed by atoms with Crippen LogP contribution in [0.25, 0.3) is 0 Å². The van der Waals surface area contributed by atoms with Gasteiger partial charge in [0.2, 0.25) is 47.2 Å². The predicted molar refractivity (Wildman–Crippen MR) is 519 cm³/mol. The first-order valence-electron chi connectivity index (χ1n) is 39.1. The Kier molecular flexibility index (Phi) is 99.7. The van der Waals surface area contributed by atoms with Crippen molar-refractivity contribution in [2.24, 2.45) is 11.5 Å². The van der Waals surface area contributed by atoms with Crippen LogP contribution in [0.3, 0.4) is 0 Å². The molecule has 134 heavy (non-hydrogen) atoms. The number of carboxylic acids is 2. The standard InChI is InChI=1S/C14H19ClN4O5.C14H19ClN4O2.C14H18ClN3O2.C10H19NO3.C5H11NO2.C5H8O2.C4HCl2N3O2.C4H9NO2.C2H4O2.CH2O3.3CH4.Cl2OS.Fe.I2.HI.2K.Na.H/c1-3-10(13(20)23-2)18(9-4-6-24-7-5-9)12-11(19(21)22)8-16-14(15)17-12;1-3-10-13(20)18(2)11-8-16-14(15)17-12(11)19(10)9-4-6-21-7-5-9;1-2-11-12(19)7-9-8-16-14(15)17-13(9)18(11)10-3-5-20-6-4-10;1-2-9(10(13)7-12)11-8-3-5-14-6-4-8;1-3-4(6)5(7)8-2;6-5-1-3-7-4-2-5;5-3-2(9(10)11)1-7-4(6)8-3;1-2-3(5)4(6)7;1-2(3)4;2-1-4-3;;;;1-4(2)3;;1-2;;;;;/h8-10H,3-7H2,1-2H3;8-10H,3-7H2,1-2H3;8,10-11H,2-7H2,1H3;8-9,11-12H,2-7H2,1H3;4H,3,6H2,1-2H3;1-4H2;1H;3H,2,5H2,1H3,(H,6,7);1H3,(H,3,4);1,3H;3*1H4;;;;1H;;;;/q;;;;;;;;;;;;;;;;;3*+1;-1/p-2/t2*10-;11-;9-;4-;;;3-;;;;;;;;;;;;;/m11111..1............./s1. The molecule has 0 radical (unpaired) electrons. The molecule has 0 bridgehead atoms. The molecule has 11 rings (SSSR count). The van der Waals surface area contributed by atoms with Crippen molar-refractivity contribution in [3.63, 3.8) is 0 Å². The van der Waals surface area contributed by atoms with E-state index in [9.17, 15) is 53.8 Å². The van der Waals surface area contributed by atoms with Crippen LogP contribution in [0.1, 0.15) is 180 Å². The molecule has 754 valence electrons. The molecule has 43 nitrogen and oxygen atoms in total. The zero-order valence-electron chi connectivity index (χ0n) is 75.6. The number of likely N-dealkylation sites (N-methyl/N-ethyl adjacent to an activating group) is 1. The second kappa shape index (κ2) is 88.6. The van der Waals surface area contributed by atoms with E-state index < -0.39 is 55.1 Å². The van der Waals surface area contributed by atoms with Gasteiger partial charge in [0.05, 0.1) is 55.6 Å². The number of rotatable bonds is 21. The maximum Gasteiger partial charge on any atom is 1.00 e. The topological polar surface area (TPSA) is 598 Å². The number of nitrogens with one attached hydrogen (secondary N) is 1. The average Bonchev–Trinajstić information content (AvgIpc) is 0.754. The Labute approximate surface area is 978 Å². The Morgan fingerprint density at radius 1 is 0.657 bits per heavy atom. The van der Waals surface area contributed by atoms with Gasteiger partial charge < -0.3 is 101 Å². The number of hydrogen-bond donors (Lipinski definition) is 5. The van der Waals surface area contributed by atoms with Gasteiger partial charge >= 0.3 is 162 Å². The van der Waals surface area contributed by atoms with Gasteiger partial charge in [-0.15, -0.1) is 24.0 Å². The Morgan fingerprint density at radius 3 is 1.40 bits per heavy atom. The SMILES string of the molecule is C.C.C.CC(=O)[O-].CC[C@@H](N)C(=O)O.CC[C@@H](N)C(=O)OC.CC[C@@H](NC1CCOCC1)C(=O)CO.CC[C@@H]1C(=O)Cc2cnc(Cl)nc2N1C1CCOCC1.CC[C@@H]1C(=O)N(C)c2cnc(Cl)nc2N1C1CCOCC1.CC[C@H](C(=O)OC)N(c1nc(Cl)ncc1[N+](=O)[O-])C1CCOCC1.I.II.O=C1CCOCC1.O=CO[O-].O=S(Cl)Cl.O=[N+]([O-])c1cnc(Cl)nc1Cl.[Fe].[H-].[K+].[K+].[Na+]. The van der Waals surface area contributed by atoms with E-state index in [1.54, 1.807) is 36.2 Å². The second-order valence-electron chi connectivity index (χ2n) is 26.6. The molecule has 0 aliphatic carbocycles. The number of fused-ring (bicyclic) bond motifs is 2. The van der Waals surface area contributed by atoms with Gasteiger partial charge in [0, 0.05) is 197 Å². The van der Waals surface area contributed by atoms with Crippen LogP contribution >= 0.6 is 141 Å². The summed E-state index contributed by atoms with van der Waals surface area (Å²) in [4.78, 5) is 158. The van der Waals surface area contributed by atoms with Crippen LogP contribution in [0.15, 0.2) is 24.8 Å². The summed E-state index contributed by atoms with van der Waals surface area (Å²) in [5, 5.41) is 58.9. The number of nitro groups is 2. The summed E-state index contributed by atoms with van der Waals surface area (Å²) >= 11 is 32.7. The molecule has 4 aromatic heterocycles. The molecule has 6 atom stereocenters. The third-order valence-electron chi connectivity index (χ3n) is 18.6. The average molecular weight is 2510 g/mol. The Balaban J connectivity index is -0.000000165. The largest absolute Gasteiger partial charge is 1.00 e. The van der Waals surface area contributed by atoms with Crippen molar-refractivity contribution in [2.45, 2.75) is 240 Å². The van der Waals surface area contributed by atoms with E-state index >= 15 is 0 Å². The predicted octanol–water partition coefficient (Wildman–Crippen LogP) is 1.38. The van der Waals surface area contributed by atoms with Crippen LogP contribution in [-0.2, 0) is 114 Å². The molecule has 7 aliphatic heterocycles.